The number of nitro benzene ring substituents is 1. The molecular formula is C11H8N2O6S. The molecule has 8 nitrogen and oxygen atoms in total. The number of nitrogens with zero attached hydrogens (tertiary/aromatic N) is 2. The summed E-state index contributed by atoms with van der Waals surface area (Å²) in [6.07, 6.45) is 0. The largest absolute Gasteiger partial charge is 0.478 e. The van der Waals surface area contributed by atoms with Crippen molar-refractivity contribution in [3.05, 3.63) is 33.9 Å². The van der Waals surface area contributed by atoms with Crippen LogP contribution in [-0.4, -0.2) is 39.3 Å². The van der Waals surface area contributed by atoms with Gasteiger partial charge in [0.05, 0.1) is 22.0 Å². The average molecular weight is 296 g/mol. The summed E-state index contributed by atoms with van der Waals surface area (Å²) in [6.45, 7) is 0. The number of hydrogen-bond donors (Lipinski definition) is 1. The SMILES string of the molecule is O=C(O)c1ccc(N2C(=O)CSCC2=O)c([N+](=O)[O-])c1. The van der Waals surface area contributed by atoms with Crippen LogP contribution in [-0.2, 0) is 9.59 Å². The molecule has 1 fully saturated rings. The Morgan fingerprint density at radius 2 is 1.90 bits per heavy atom. The second-order valence-electron chi connectivity index (χ2n) is 3.88. The smallest absolute Gasteiger partial charge is 0.335 e. The molecule has 1 heterocycles. The summed E-state index contributed by atoms with van der Waals surface area (Å²) in [7, 11) is 0. The quantitative estimate of drug-likeness (QED) is 0.500. The molecule has 0 saturated carbocycles. The lowest BCUT2D eigenvalue weighted by molar-refractivity contribution is -0.384. The Labute approximate surface area is 116 Å². The van der Waals surface area contributed by atoms with Crippen LogP contribution in [0.1, 0.15) is 10.4 Å². The van der Waals surface area contributed by atoms with E-state index in [1.54, 1.807) is 0 Å². The van der Waals surface area contributed by atoms with E-state index in [0.29, 0.717) is 0 Å². The Morgan fingerprint density at radius 1 is 1.30 bits per heavy atom. The van der Waals surface area contributed by atoms with Crippen LogP contribution in [0.5, 0.6) is 0 Å². The van der Waals surface area contributed by atoms with Gasteiger partial charge in [0.25, 0.3) is 5.69 Å². The van der Waals surface area contributed by atoms with Gasteiger partial charge in [0, 0.05) is 6.07 Å². The zero-order chi connectivity index (χ0) is 14.9. The van der Waals surface area contributed by atoms with E-state index < -0.39 is 28.4 Å². The van der Waals surface area contributed by atoms with Gasteiger partial charge < -0.3 is 5.11 Å². The lowest BCUT2D eigenvalue weighted by Gasteiger charge is -2.24. The number of anilines is 1. The molecular weight excluding hydrogens is 288 g/mol. The molecule has 9 heteroatoms. The van der Waals surface area contributed by atoms with E-state index >= 15 is 0 Å². The molecule has 1 N–H and O–H groups in total. The van der Waals surface area contributed by atoms with Crippen LogP contribution in [0.4, 0.5) is 11.4 Å². The fourth-order valence-corrected chi connectivity index (χ4v) is 2.46. The van der Waals surface area contributed by atoms with E-state index in [1.807, 2.05) is 0 Å². The highest BCUT2D eigenvalue weighted by molar-refractivity contribution is 8.00. The van der Waals surface area contributed by atoms with Crippen molar-refractivity contribution in [2.45, 2.75) is 0 Å². The Hall–Kier alpha value is -2.42. The van der Waals surface area contributed by atoms with Gasteiger partial charge in [-0.15, -0.1) is 11.8 Å². The second-order valence-corrected chi connectivity index (χ2v) is 4.87. The number of thioether (sulfide) groups is 1. The molecule has 0 spiro atoms. The molecule has 0 radical (unpaired) electrons. The number of hydrogen-bond acceptors (Lipinski definition) is 6. The van der Waals surface area contributed by atoms with Crippen LogP contribution in [0.2, 0.25) is 0 Å². The van der Waals surface area contributed by atoms with E-state index in [4.69, 9.17) is 5.11 Å². The first kappa shape index (κ1) is 14.0. The van der Waals surface area contributed by atoms with E-state index in [-0.39, 0.29) is 22.8 Å². The molecule has 20 heavy (non-hydrogen) atoms. The Kier molecular flexibility index (Phi) is 3.70. The summed E-state index contributed by atoms with van der Waals surface area (Å²) in [5, 5.41) is 19.8. The summed E-state index contributed by atoms with van der Waals surface area (Å²) in [6, 6.07) is 3.06. The molecule has 0 aliphatic carbocycles. The summed E-state index contributed by atoms with van der Waals surface area (Å²) in [5.74, 6) is -2.35. The second kappa shape index (κ2) is 5.29. The van der Waals surface area contributed by atoms with Gasteiger partial charge in [-0.2, -0.15) is 0 Å². The normalized spacial score (nSPS) is 15.3. The minimum Gasteiger partial charge on any atom is -0.478 e. The third kappa shape index (κ3) is 2.48. The van der Waals surface area contributed by atoms with Crippen molar-refractivity contribution in [3.8, 4) is 0 Å². The molecule has 1 aromatic carbocycles. The van der Waals surface area contributed by atoms with Gasteiger partial charge in [-0.05, 0) is 12.1 Å². The van der Waals surface area contributed by atoms with Crippen molar-refractivity contribution >= 4 is 40.9 Å². The third-order valence-electron chi connectivity index (χ3n) is 2.61. The highest BCUT2D eigenvalue weighted by atomic mass is 32.2. The van der Waals surface area contributed by atoms with E-state index in [2.05, 4.69) is 0 Å². The number of carboxylic acids is 1. The van der Waals surface area contributed by atoms with Crippen molar-refractivity contribution in [3.63, 3.8) is 0 Å². The van der Waals surface area contributed by atoms with Crippen molar-refractivity contribution < 1.29 is 24.4 Å². The van der Waals surface area contributed by atoms with E-state index in [1.165, 1.54) is 0 Å². The molecule has 0 aromatic heterocycles. The molecule has 1 saturated heterocycles. The molecule has 0 unspecified atom stereocenters. The fourth-order valence-electron chi connectivity index (χ4n) is 1.75. The zero-order valence-corrected chi connectivity index (χ0v) is 10.8. The van der Waals surface area contributed by atoms with Crippen LogP contribution < -0.4 is 4.90 Å². The molecule has 0 atom stereocenters. The maximum Gasteiger partial charge on any atom is 0.335 e. The van der Waals surface area contributed by atoms with Crippen molar-refractivity contribution in [2.75, 3.05) is 16.4 Å². The number of amides is 2. The Bertz CT molecular complexity index is 613. The lowest BCUT2D eigenvalue weighted by atomic mass is 10.1. The first-order valence-electron chi connectivity index (χ1n) is 5.37. The summed E-state index contributed by atoms with van der Waals surface area (Å²) >= 11 is 1.13. The van der Waals surface area contributed by atoms with Crippen molar-refractivity contribution in [2.24, 2.45) is 0 Å². The van der Waals surface area contributed by atoms with Crippen LogP contribution >= 0.6 is 11.8 Å². The molecule has 0 bridgehead atoms. The monoisotopic (exact) mass is 296 g/mol. The topological polar surface area (TPSA) is 118 Å². The predicted octanol–water partition coefficient (Wildman–Crippen LogP) is 0.899. The number of benzene rings is 1. The summed E-state index contributed by atoms with van der Waals surface area (Å²) in [5.41, 5.74) is -1.07. The van der Waals surface area contributed by atoms with E-state index in [9.17, 15) is 24.5 Å². The summed E-state index contributed by atoms with van der Waals surface area (Å²) < 4.78 is 0. The molecule has 1 aliphatic heterocycles. The average Bonchev–Trinajstić information content (AvgIpc) is 2.38. The number of rotatable bonds is 3. The highest BCUT2D eigenvalue weighted by Crippen LogP contribution is 2.31. The van der Waals surface area contributed by atoms with E-state index in [0.717, 1.165) is 34.9 Å². The first-order valence-corrected chi connectivity index (χ1v) is 6.52. The minimum atomic E-state index is -1.33. The van der Waals surface area contributed by atoms with Crippen LogP contribution in [0.15, 0.2) is 18.2 Å². The highest BCUT2D eigenvalue weighted by Gasteiger charge is 2.33. The van der Waals surface area contributed by atoms with Crippen LogP contribution in [0, 0.1) is 10.1 Å². The number of imide groups is 1. The maximum atomic E-state index is 11.7. The molecule has 2 rings (SSSR count). The standard InChI is InChI=1S/C11H8N2O6S/c14-9-4-20-5-10(15)12(9)7-2-1-6(11(16)17)3-8(7)13(18)19/h1-3H,4-5H2,(H,16,17). The molecule has 1 aromatic rings. The van der Waals surface area contributed by atoms with Crippen molar-refractivity contribution in [1.82, 2.24) is 0 Å². The number of nitro groups is 1. The Balaban J connectivity index is 2.55. The van der Waals surface area contributed by atoms with Gasteiger partial charge in [0.15, 0.2) is 0 Å². The molecule has 1 aliphatic rings. The summed E-state index contributed by atoms with van der Waals surface area (Å²) in [4.78, 5) is 45.2. The predicted molar refractivity (Wildman–Crippen MR) is 69.9 cm³/mol. The van der Waals surface area contributed by atoms with Crippen molar-refractivity contribution in [1.29, 1.82) is 0 Å². The molecule has 2 amide bonds. The number of carboxylic acid groups (broad SMARTS) is 1. The number of aromatic carboxylic acids is 1. The third-order valence-corrected chi connectivity index (χ3v) is 3.51. The Morgan fingerprint density at radius 3 is 2.40 bits per heavy atom. The van der Waals surface area contributed by atoms with Gasteiger partial charge >= 0.3 is 5.97 Å². The van der Waals surface area contributed by atoms with Gasteiger partial charge in [-0.25, -0.2) is 9.69 Å². The minimum absolute atomic E-state index is 0.0452. The number of carbonyl (C=O) groups is 3. The molecule has 104 valence electrons. The van der Waals surface area contributed by atoms with Gasteiger partial charge in [0.1, 0.15) is 5.69 Å². The van der Waals surface area contributed by atoms with Crippen LogP contribution in [0.25, 0.3) is 0 Å². The van der Waals surface area contributed by atoms with Crippen LogP contribution in [0.3, 0.4) is 0 Å². The van der Waals surface area contributed by atoms with Gasteiger partial charge in [0.2, 0.25) is 11.8 Å². The maximum absolute atomic E-state index is 11.7. The lowest BCUT2D eigenvalue weighted by Crippen LogP contribution is -2.43. The number of carbonyl (C=O) groups excluding carboxylic acids is 2. The van der Waals surface area contributed by atoms with Gasteiger partial charge in [-0.3, -0.25) is 19.7 Å². The fraction of sp³-hybridized carbons (Fsp3) is 0.182. The first-order chi connectivity index (χ1) is 9.41. The van der Waals surface area contributed by atoms with Gasteiger partial charge in [-0.1, -0.05) is 0 Å². The zero-order valence-electron chi connectivity index (χ0n) is 9.94.